The van der Waals surface area contributed by atoms with Crippen LogP contribution in [0.4, 0.5) is 4.39 Å². The van der Waals surface area contributed by atoms with E-state index in [0.29, 0.717) is 25.6 Å². The van der Waals surface area contributed by atoms with Crippen LogP contribution in [0.25, 0.3) is 0 Å². The van der Waals surface area contributed by atoms with Gasteiger partial charge in [0, 0.05) is 17.6 Å². The molecule has 114 valence electrons. The average molecular weight is 388 g/mol. The van der Waals surface area contributed by atoms with Crippen LogP contribution in [0.2, 0.25) is 0 Å². The van der Waals surface area contributed by atoms with Crippen molar-refractivity contribution in [2.45, 2.75) is 17.7 Å². The van der Waals surface area contributed by atoms with Crippen molar-refractivity contribution in [1.82, 2.24) is 4.31 Å². The van der Waals surface area contributed by atoms with Gasteiger partial charge in [-0.1, -0.05) is 6.07 Å². The second kappa shape index (κ2) is 7.17. The second-order valence-corrected chi connectivity index (χ2v) is 7.36. The fourth-order valence-corrected chi connectivity index (χ4v) is 4.78. The van der Waals surface area contributed by atoms with Crippen LogP contribution in [0.15, 0.2) is 27.6 Å². The van der Waals surface area contributed by atoms with E-state index >= 15 is 0 Å². The van der Waals surface area contributed by atoms with E-state index in [4.69, 9.17) is 5.73 Å². The Morgan fingerprint density at radius 3 is 2.45 bits per heavy atom. The molecule has 0 spiro atoms. The van der Waals surface area contributed by atoms with Gasteiger partial charge in [0.05, 0.1) is 0 Å². The van der Waals surface area contributed by atoms with Crippen LogP contribution in [-0.2, 0) is 10.0 Å². The van der Waals surface area contributed by atoms with Crippen LogP contribution in [0, 0.1) is 11.7 Å². The summed E-state index contributed by atoms with van der Waals surface area (Å²) in [5.41, 5.74) is 5.58. The van der Waals surface area contributed by atoms with Crippen LogP contribution in [0.5, 0.6) is 0 Å². The third kappa shape index (κ3) is 3.51. The molecular formula is C12H17BrClFN2O2S. The van der Waals surface area contributed by atoms with Gasteiger partial charge >= 0.3 is 0 Å². The van der Waals surface area contributed by atoms with Gasteiger partial charge in [-0.15, -0.1) is 12.4 Å². The van der Waals surface area contributed by atoms with Gasteiger partial charge in [-0.2, -0.15) is 4.31 Å². The van der Waals surface area contributed by atoms with E-state index in [1.807, 2.05) is 0 Å². The van der Waals surface area contributed by atoms with Crippen LogP contribution in [0.3, 0.4) is 0 Å². The summed E-state index contributed by atoms with van der Waals surface area (Å²) >= 11 is 3.11. The molecule has 1 saturated heterocycles. The SMILES string of the molecule is Cl.NCC1CCN(S(=O)(=O)c2c(F)cccc2Br)CC1. The predicted octanol–water partition coefficient (Wildman–Crippen LogP) is 2.37. The van der Waals surface area contributed by atoms with Crippen molar-refractivity contribution in [1.29, 1.82) is 0 Å². The lowest BCUT2D eigenvalue weighted by Crippen LogP contribution is -2.40. The molecule has 1 fully saturated rings. The number of sulfonamides is 1. The first-order chi connectivity index (χ1) is 8.96. The highest BCUT2D eigenvalue weighted by atomic mass is 79.9. The van der Waals surface area contributed by atoms with E-state index in [0.717, 1.165) is 18.9 Å². The van der Waals surface area contributed by atoms with E-state index in [1.54, 1.807) is 0 Å². The molecule has 4 nitrogen and oxygen atoms in total. The first-order valence-electron chi connectivity index (χ1n) is 6.11. The minimum Gasteiger partial charge on any atom is -0.330 e. The molecule has 0 atom stereocenters. The zero-order valence-corrected chi connectivity index (χ0v) is 14.0. The summed E-state index contributed by atoms with van der Waals surface area (Å²) in [5.74, 6) is -0.370. The number of piperidine rings is 1. The topological polar surface area (TPSA) is 63.4 Å². The van der Waals surface area contributed by atoms with E-state index in [2.05, 4.69) is 15.9 Å². The van der Waals surface area contributed by atoms with E-state index in [1.165, 1.54) is 16.4 Å². The molecule has 0 radical (unpaired) electrons. The summed E-state index contributed by atoms with van der Waals surface area (Å²) in [5, 5.41) is 0. The number of rotatable bonds is 3. The molecule has 0 saturated carbocycles. The largest absolute Gasteiger partial charge is 0.330 e. The minimum atomic E-state index is -3.78. The maximum absolute atomic E-state index is 13.8. The molecule has 2 rings (SSSR count). The Balaban J connectivity index is 0.00000200. The van der Waals surface area contributed by atoms with Gasteiger partial charge in [0.25, 0.3) is 0 Å². The fraction of sp³-hybridized carbons (Fsp3) is 0.500. The van der Waals surface area contributed by atoms with Crippen molar-refractivity contribution >= 4 is 38.4 Å². The van der Waals surface area contributed by atoms with Gasteiger partial charge in [-0.25, -0.2) is 12.8 Å². The summed E-state index contributed by atoms with van der Waals surface area (Å²) in [6, 6.07) is 4.16. The van der Waals surface area contributed by atoms with Crippen molar-refractivity contribution < 1.29 is 12.8 Å². The van der Waals surface area contributed by atoms with Crippen molar-refractivity contribution in [3.8, 4) is 0 Å². The first-order valence-corrected chi connectivity index (χ1v) is 8.34. The van der Waals surface area contributed by atoms with Crippen LogP contribution < -0.4 is 5.73 Å². The van der Waals surface area contributed by atoms with Gasteiger partial charge in [-0.05, 0) is 53.4 Å². The highest BCUT2D eigenvalue weighted by Crippen LogP contribution is 2.30. The van der Waals surface area contributed by atoms with E-state index in [9.17, 15) is 12.8 Å². The molecule has 0 bridgehead atoms. The van der Waals surface area contributed by atoms with Crippen LogP contribution in [-0.4, -0.2) is 32.4 Å². The Kier molecular flexibility index (Phi) is 6.40. The average Bonchev–Trinajstić information content (AvgIpc) is 2.38. The summed E-state index contributed by atoms with van der Waals surface area (Å²) in [7, 11) is -3.78. The van der Waals surface area contributed by atoms with Crippen LogP contribution in [0.1, 0.15) is 12.8 Å². The molecule has 20 heavy (non-hydrogen) atoms. The summed E-state index contributed by atoms with van der Waals surface area (Å²) in [6.07, 6.45) is 1.45. The fourth-order valence-electron chi connectivity index (χ4n) is 2.24. The number of hydrogen-bond donors (Lipinski definition) is 1. The van der Waals surface area contributed by atoms with Gasteiger partial charge < -0.3 is 5.73 Å². The molecule has 0 aliphatic carbocycles. The lowest BCUT2D eigenvalue weighted by atomic mass is 9.99. The second-order valence-electron chi connectivity index (χ2n) is 4.63. The Morgan fingerprint density at radius 1 is 1.35 bits per heavy atom. The molecule has 2 N–H and O–H groups in total. The maximum Gasteiger partial charge on any atom is 0.247 e. The number of hydrogen-bond acceptors (Lipinski definition) is 3. The molecule has 0 aromatic heterocycles. The first kappa shape index (κ1) is 17.8. The quantitative estimate of drug-likeness (QED) is 0.866. The predicted molar refractivity (Wildman–Crippen MR) is 81.9 cm³/mol. The molecule has 0 amide bonds. The maximum atomic E-state index is 13.8. The molecule has 1 aliphatic heterocycles. The number of halogens is 3. The summed E-state index contributed by atoms with van der Waals surface area (Å²) in [4.78, 5) is -0.277. The molecule has 1 aliphatic rings. The monoisotopic (exact) mass is 386 g/mol. The Labute approximate surface area is 133 Å². The van der Waals surface area contributed by atoms with Gasteiger partial charge in [0.2, 0.25) is 10.0 Å². The van der Waals surface area contributed by atoms with E-state index in [-0.39, 0.29) is 21.8 Å². The summed E-state index contributed by atoms with van der Waals surface area (Å²) in [6.45, 7) is 1.35. The third-order valence-corrected chi connectivity index (χ3v) is 6.32. The summed E-state index contributed by atoms with van der Waals surface area (Å²) < 4.78 is 40.3. The molecule has 1 aromatic rings. The highest BCUT2D eigenvalue weighted by molar-refractivity contribution is 9.10. The molecule has 1 aromatic carbocycles. The molecule has 1 heterocycles. The smallest absolute Gasteiger partial charge is 0.247 e. The van der Waals surface area contributed by atoms with Crippen molar-refractivity contribution in [3.63, 3.8) is 0 Å². The highest BCUT2D eigenvalue weighted by Gasteiger charge is 2.32. The Hall–Kier alpha value is -0.210. The third-order valence-electron chi connectivity index (χ3n) is 3.42. The lowest BCUT2D eigenvalue weighted by Gasteiger charge is -2.30. The Morgan fingerprint density at radius 2 is 1.95 bits per heavy atom. The van der Waals surface area contributed by atoms with Crippen molar-refractivity contribution in [2.75, 3.05) is 19.6 Å². The molecule has 0 unspecified atom stereocenters. The normalized spacial score (nSPS) is 17.8. The standard InChI is InChI=1S/C12H16BrFN2O2S.ClH/c13-10-2-1-3-11(14)12(10)19(17,18)16-6-4-9(8-15)5-7-16;/h1-3,9H,4-8,15H2;1H. The lowest BCUT2D eigenvalue weighted by molar-refractivity contribution is 0.277. The van der Waals surface area contributed by atoms with Crippen molar-refractivity contribution in [3.05, 3.63) is 28.5 Å². The van der Waals surface area contributed by atoms with Crippen molar-refractivity contribution in [2.24, 2.45) is 11.7 Å². The van der Waals surface area contributed by atoms with E-state index < -0.39 is 15.8 Å². The number of nitrogens with two attached hydrogens (primary N) is 1. The number of nitrogens with zero attached hydrogens (tertiary/aromatic N) is 1. The number of benzene rings is 1. The van der Waals surface area contributed by atoms with Gasteiger partial charge in [-0.3, -0.25) is 0 Å². The van der Waals surface area contributed by atoms with Gasteiger partial charge in [0.1, 0.15) is 10.7 Å². The zero-order chi connectivity index (χ0) is 14.0. The minimum absolute atomic E-state index is 0. The van der Waals surface area contributed by atoms with Crippen LogP contribution >= 0.6 is 28.3 Å². The molecule has 8 heteroatoms. The zero-order valence-electron chi connectivity index (χ0n) is 10.8. The Bertz CT molecular complexity index is 542. The molecular weight excluding hydrogens is 371 g/mol. The van der Waals surface area contributed by atoms with Gasteiger partial charge in [0.15, 0.2) is 0 Å².